The number of hydrogen-bond acceptors (Lipinski definition) is 2. The molecule has 2 heterocycles. The van der Waals surface area contributed by atoms with E-state index in [0.29, 0.717) is 6.10 Å². The number of hydrogen-bond donors (Lipinski definition) is 2. The third-order valence-electron chi connectivity index (χ3n) is 3.25. The second-order valence-corrected chi connectivity index (χ2v) is 4.25. The second kappa shape index (κ2) is 3.75. The monoisotopic (exact) mass is 194 g/mol. The zero-order valence-electron chi connectivity index (χ0n) is 8.84. The van der Waals surface area contributed by atoms with Crippen LogP contribution < -0.4 is 5.32 Å². The summed E-state index contributed by atoms with van der Waals surface area (Å²) in [5.41, 5.74) is 1.43. The average molecular weight is 194 g/mol. The van der Waals surface area contributed by atoms with E-state index in [1.54, 1.807) is 0 Å². The van der Waals surface area contributed by atoms with Crippen molar-refractivity contribution < 1.29 is 4.74 Å². The summed E-state index contributed by atoms with van der Waals surface area (Å²) in [5, 5.41) is 3.57. The van der Waals surface area contributed by atoms with E-state index < -0.39 is 0 Å². The lowest BCUT2D eigenvalue weighted by atomic mass is 9.94. The van der Waals surface area contributed by atoms with E-state index in [1.165, 1.54) is 5.56 Å². The van der Waals surface area contributed by atoms with Gasteiger partial charge in [-0.25, -0.2) is 0 Å². The van der Waals surface area contributed by atoms with E-state index in [1.807, 2.05) is 12.4 Å². The Hall–Kier alpha value is -0.800. The third-order valence-corrected chi connectivity index (χ3v) is 3.25. The molecule has 3 heteroatoms. The molecule has 1 fully saturated rings. The number of H-pyrrole nitrogens is 1. The molecule has 2 atom stereocenters. The predicted molar refractivity (Wildman–Crippen MR) is 56.1 cm³/mol. The van der Waals surface area contributed by atoms with E-state index in [2.05, 4.69) is 30.2 Å². The van der Waals surface area contributed by atoms with Gasteiger partial charge in [0.25, 0.3) is 0 Å². The van der Waals surface area contributed by atoms with Crippen LogP contribution in [0.5, 0.6) is 0 Å². The minimum Gasteiger partial charge on any atom is -0.377 e. The zero-order valence-corrected chi connectivity index (χ0v) is 8.84. The Labute approximate surface area is 84.9 Å². The smallest absolute Gasteiger partial charge is 0.0726 e. The van der Waals surface area contributed by atoms with Crippen molar-refractivity contribution in [3.63, 3.8) is 0 Å². The second-order valence-electron chi connectivity index (χ2n) is 4.25. The normalized spacial score (nSPS) is 32.3. The predicted octanol–water partition coefficient (Wildman–Crippen LogP) is 1.67. The van der Waals surface area contributed by atoms with Crippen LogP contribution in [0.2, 0.25) is 0 Å². The van der Waals surface area contributed by atoms with Gasteiger partial charge in [-0.15, -0.1) is 0 Å². The largest absolute Gasteiger partial charge is 0.377 e. The lowest BCUT2D eigenvalue weighted by Gasteiger charge is -2.28. The Balaban J connectivity index is 1.91. The van der Waals surface area contributed by atoms with Gasteiger partial charge in [-0.1, -0.05) is 0 Å². The molecule has 2 N–H and O–H groups in total. The number of nitrogens with one attached hydrogen (secondary N) is 2. The molecular weight excluding hydrogens is 176 g/mol. The fourth-order valence-corrected chi connectivity index (χ4v) is 1.84. The topological polar surface area (TPSA) is 37.0 Å². The molecule has 0 radical (unpaired) electrons. The van der Waals surface area contributed by atoms with Gasteiger partial charge in [0.05, 0.1) is 6.10 Å². The van der Waals surface area contributed by atoms with Crippen LogP contribution in [0.15, 0.2) is 18.5 Å². The van der Waals surface area contributed by atoms with Crippen LogP contribution in [0.25, 0.3) is 0 Å². The van der Waals surface area contributed by atoms with Crippen molar-refractivity contribution in [2.45, 2.75) is 38.5 Å². The molecule has 1 aliphatic heterocycles. The lowest BCUT2D eigenvalue weighted by molar-refractivity contribution is 0.0881. The molecule has 14 heavy (non-hydrogen) atoms. The standard InChI is InChI=1S/C11H18N2O/c1-9-11(2,4-6-14-9)13-8-10-3-5-12-7-10/h3,5,7,9,12-13H,4,6,8H2,1-2H3. The molecule has 0 aliphatic carbocycles. The van der Waals surface area contributed by atoms with Gasteiger partial charge in [0.15, 0.2) is 0 Å². The van der Waals surface area contributed by atoms with Gasteiger partial charge in [-0.3, -0.25) is 0 Å². The highest BCUT2D eigenvalue weighted by molar-refractivity contribution is 5.09. The Bertz CT molecular complexity index is 283. The van der Waals surface area contributed by atoms with Crippen molar-refractivity contribution in [1.82, 2.24) is 10.3 Å². The van der Waals surface area contributed by atoms with Crippen LogP contribution in [0.4, 0.5) is 0 Å². The fraction of sp³-hybridized carbons (Fsp3) is 0.636. The van der Waals surface area contributed by atoms with Crippen LogP contribution in [0.3, 0.4) is 0 Å². The van der Waals surface area contributed by atoms with Crippen molar-refractivity contribution >= 4 is 0 Å². The van der Waals surface area contributed by atoms with Gasteiger partial charge >= 0.3 is 0 Å². The Morgan fingerprint density at radius 3 is 3.14 bits per heavy atom. The Morgan fingerprint density at radius 1 is 1.71 bits per heavy atom. The molecule has 78 valence electrons. The van der Waals surface area contributed by atoms with Crippen molar-refractivity contribution in [2.24, 2.45) is 0 Å². The molecule has 0 bridgehead atoms. The highest BCUT2D eigenvalue weighted by Crippen LogP contribution is 2.25. The van der Waals surface area contributed by atoms with Crippen LogP contribution in [0, 0.1) is 0 Å². The van der Waals surface area contributed by atoms with E-state index in [-0.39, 0.29) is 5.54 Å². The first kappa shape index (κ1) is 9.74. The summed E-state index contributed by atoms with van der Waals surface area (Å²) in [5.74, 6) is 0. The van der Waals surface area contributed by atoms with Gasteiger partial charge in [0.2, 0.25) is 0 Å². The highest BCUT2D eigenvalue weighted by atomic mass is 16.5. The Kier molecular flexibility index (Phi) is 2.61. The Morgan fingerprint density at radius 2 is 2.57 bits per heavy atom. The molecule has 0 spiro atoms. The van der Waals surface area contributed by atoms with Crippen molar-refractivity contribution in [1.29, 1.82) is 0 Å². The molecule has 1 saturated heterocycles. The molecule has 1 aromatic rings. The molecule has 2 rings (SSSR count). The summed E-state index contributed by atoms with van der Waals surface area (Å²) in [4.78, 5) is 3.06. The summed E-state index contributed by atoms with van der Waals surface area (Å²) < 4.78 is 5.57. The van der Waals surface area contributed by atoms with Crippen molar-refractivity contribution in [3.05, 3.63) is 24.0 Å². The first-order valence-corrected chi connectivity index (χ1v) is 5.19. The van der Waals surface area contributed by atoms with Gasteiger partial charge in [0.1, 0.15) is 0 Å². The highest BCUT2D eigenvalue weighted by Gasteiger charge is 2.36. The number of aromatic amines is 1. The van der Waals surface area contributed by atoms with E-state index in [4.69, 9.17) is 4.74 Å². The maximum absolute atomic E-state index is 5.57. The summed E-state index contributed by atoms with van der Waals surface area (Å²) in [6.07, 6.45) is 5.38. The molecule has 0 saturated carbocycles. The van der Waals surface area contributed by atoms with Gasteiger partial charge in [-0.2, -0.15) is 0 Å². The minimum atomic E-state index is 0.136. The zero-order chi connectivity index (χ0) is 10.0. The molecule has 1 aromatic heterocycles. The first-order valence-electron chi connectivity index (χ1n) is 5.19. The van der Waals surface area contributed by atoms with E-state index >= 15 is 0 Å². The van der Waals surface area contributed by atoms with Gasteiger partial charge in [0, 0.05) is 31.1 Å². The molecule has 2 unspecified atom stereocenters. The fourth-order valence-electron chi connectivity index (χ4n) is 1.84. The molecule has 0 aromatic carbocycles. The van der Waals surface area contributed by atoms with Gasteiger partial charge in [-0.05, 0) is 31.9 Å². The summed E-state index contributed by atoms with van der Waals surface area (Å²) in [6.45, 7) is 6.15. The van der Waals surface area contributed by atoms with Crippen molar-refractivity contribution in [3.8, 4) is 0 Å². The van der Waals surface area contributed by atoms with E-state index in [0.717, 1.165) is 19.6 Å². The summed E-state index contributed by atoms with van der Waals surface area (Å²) >= 11 is 0. The van der Waals surface area contributed by atoms with Crippen LogP contribution in [-0.2, 0) is 11.3 Å². The maximum Gasteiger partial charge on any atom is 0.0726 e. The van der Waals surface area contributed by atoms with Crippen LogP contribution in [-0.4, -0.2) is 23.2 Å². The number of aromatic nitrogens is 1. The van der Waals surface area contributed by atoms with E-state index in [9.17, 15) is 0 Å². The number of rotatable bonds is 3. The quantitative estimate of drug-likeness (QED) is 0.768. The van der Waals surface area contributed by atoms with Crippen LogP contribution in [0.1, 0.15) is 25.8 Å². The molecule has 0 amide bonds. The average Bonchev–Trinajstić information content (AvgIpc) is 2.75. The van der Waals surface area contributed by atoms with Crippen molar-refractivity contribution in [2.75, 3.05) is 6.61 Å². The summed E-state index contributed by atoms with van der Waals surface area (Å²) in [7, 11) is 0. The molecular formula is C11H18N2O. The summed E-state index contributed by atoms with van der Waals surface area (Å²) in [6, 6.07) is 2.09. The molecule has 3 nitrogen and oxygen atoms in total. The minimum absolute atomic E-state index is 0.136. The lowest BCUT2D eigenvalue weighted by Crippen LogP contribution is -2.47. The SMILES string of the molecule is CC1OCCC1(C)NCc1cc[nH]c1. The third kappa shape index (κ3) is 1.83. The van der Waals surface area contributed by atoms with Gasteiger partial charge < -0.3 is 15.0 Å². The molecule has 1 aliphatic rings. The number of ether oxygens (including phenoxy) is 1. The maximum atomic E-state index is 5.57. The first-order chi connectivity index (χ1) is 6.71. The van der Waals surface area contributed by atoms with Crippen LogP contribution >= 0.6 is 0 Å².